The van der Waals surface area contributed by atoms with Crippen molar-refractivity contribution in [1.82, 2.24) is 24.6 Å². The highest BCUT2D eigenvalue weighted by atomic mass is 15.4. The highest BCUT2D eigenvalue weighted by Crippen LogP contribution is 2.34. The number of rotatable bonds is 2. The van der Waals surface area contributed by atoms with Gasteiger partial charge in [0.1, 0.15) is 12.1 Å². The summed E-state index contributed by atoms with van der Waals surface area (Å²) in [6.07, 6.45) is 6.04. The Morgan fingerprint density at radius 2 is 2.00 bits per heavy atom. The average Bonchev–Trinajstić information content (AvgIpc) is 3.28. The van der Waals surface area contributed by atoms with E-state index >= 15 is 0 Å². The predicted molar refractivity (Wildman–Crippen MR) is 98.0 cm³/mol. The number of H-pyrrole nitrogens is 1. The number of piperidine rings is 1. The average molecular weight is 332 g/mol. The zero-order valence-electron chi connectivity index (χ0n) is 14.2. The molecule has 0 spiro atoms. The van der Waals surface area contributed by atoms with Crippen molar-refractivity contribution >= 4 is 22.5 Å². The zero-order valence-corrected chi connectivity index (χ0v) is 14.2. The van der Waals surface area contributed by atoms with Gasteiger partial charge in [-0.05, 0) is 37.3 Å². The van der Waals surface area contributed by atoms with Gasteiger partial charge in [-0.3, -0.25) is 0 Å². The van der Waals surface area contributed by atoms with Crippen molar-refractivity contribution in [3.05, 3.63) is 54.1 Å². The molecule has 4 heterocycles. The molecule has 6 heteroatoms. The fourth-order valence-electron chi connectivity index (χ4n) is 3.99. The number of hydrogen-bond donors (Lipinski definition) is 1. The Morgan fingerprint density at radius 3 is 2.88 bits per heavy atom. The predicted octanol–water partition coefficient (Wildman–Crippen LogP) is 3.30. The molecule has 4 aromatic rings. The maximum Gasteiger partial charge on any atom is 0.254 e. The number of benzene rings is 1. The van der Waals surface area contributed by atoms with Crippen LogP contribution in [-0.4, -0.2) is 37.7 Å². The van der Waals surface area contributed by atoms with Gasteiger partial charge in [0.05, 0.1) is 0 Å². The topological polar surface area (TPSA) is 62.1 Å². The summed E-state index contributed by atoms with van der Waals surface area (Å²) in [7, 11) is 0. The van der Waals surface area contributed by atoms with Crippen molar-refractivity contribution in [2.24, 2.45) is 0 Å². The van der Waals surface area contributed by atoms with Gasteiger partial charge in [-0.15, -0.1) is 0 Å². The first-order chi connectivity index (χ1) is 12.3. The van der Waals surface area contributed by atoms with E-state index in [2.05, 4.69) is 61.5 Å². The normalized spacial score (nSPS) is 16.1. The molecule has 1 fully saturated rings. The number of aryl methyl sites for hydroxylation is 1. The lowest BCUT2D eigenvalue weighted by Crippen LogP contribution is -2.34. The van der Waals surface area contributed by atoms with Gasteiger partial charge in [-0.25, -0.2) is 4.98 Å². The van der Waals surface area contributed by atoms with E-state index in [1.54, 1.807) is 6.33 Å². The molecule has 6 nitrogen and oxygen atoms in total. The molecule has 5 rings (SSSR count). The number of nitrogens with zero attached hydrogens (tertiary/aromatic N) is 5. The second-order valence-corrected chi connectivity index (χ2v) is 6.78. The Morgan fingerprint density at radius 1 is 1.16 bits per heavy atom. The molecule has 0 bridgehead atoms. The molecule has 0 unspecified atom stereocenters. The summed E-state index contributed by atoms with van der Waals surface area (Å²) in [4.78, 5) is 14.5. The van der Waals surface area contributed by atoms with E-state index in [4.69, 9.17) is 0 Å². The SMILES string of the molecule is Cc1cc(N2CCC(c3c[nH]c4ccccc34)CC2)n2ncnc2n1. The van der Waals surface area contributed by atoms with E-state index in [-0.39, 0.29) is 0 Å². The molecule has 0 aliphatic carbocycles. The highest BCUT2D eigenvalue weighted by Gasteiger charge is 2.24. The molecule has 0 amide bonds. The molecule has 1 saturated heterocycles. The number of nitrogens with one attached hydrogen (secondary N) is 1. The third kappa shape index (κ3) is 2.36. The molecule has 25 heavy (non-hydrogen) atoms. The Hall–Kier alpha value is -2.89. The number of para-hydroxylation sites is 1. The van der Waals surface area contributed by atoms with Crippen molar-refractivity contribution in [2.45, 2.75) is 25.7 Å². The van der Waals surface area contributed by atoms with Crippen LogP contribution in [0, 0.1) is 6.92 Å². The summed E-state index contributed by atoms with van der Waals surface area (Å²) >= 11 is 0. The Kier molecular flexibility index (Phi) is 3.23. The van der Waals surface area contributed by atoms with Crippen LogP contribution >= 0.6 is 0 Å². The van der Waals surface area contributed by atoms with Gasteiger partial charge in [-0.1, -0.05) is 18.2 Å². The summed E-state index contributed by atoms with van der Waals surface area (Å²) in [5, 5.41) is 5.70. The van der Waals surface area contributed by atoms with E-state index in [1.165, 1.54) is 16.5 Å². The molecule has 1 aliphatic rings. The van der Waals surface area contributed by atoms with Crippen LogP contribution in [0.5, 0.6) is 0 Å². The maximum atomic E-state index is 4.44. The first-order valence-corrected chi connectivity index (χ1v) is 8.78. The summed E-state index contributed by atoms with van der Waals surface area (Å²) in [5.41, 5.74) is 3.66. The smallest absolute Gasteiger partial charge is 0.254 e. The number of fused-ring (bicyclic) bond motifs is 2. The second-order valence-electron chi connectivity index (χ2n) is 6.78. The maximum absolute atomic E-state index is 4.44. The minimum atomic E-state index is 0.599. The molecular formula is C19H20N6. The van der Waals surface area contributed by atoms with Crippen LogP contribution in [0.25, 0.3) is 16.7 Å². The van der Waals surface area contributed by atoms with Crippen LogP contribution in [0.1, 0.15) is 30.0 Å². The lowest BCUT2D eigenvalue weighted by molar-refractivity contribution is 0.502. The third-order valence-corrected chi connectivity index (χ3v) is 5.24. The minimum absolute atomic E-state index is 0.599. The number of aromatic amines is 1. The Balaban J connectivity index is 1.42. The van der Waals surface area contributed by atoms with Gasteiger partial charge in [0.2, 0.25) is 0 Å². The molecule has 0 saturated carbocycles. The number of hydrogen-bond acceptors (Lipinski definition) is 4. The molecule has 3 aromatic heterocycles. The zero-order chi connectivity index (χ0) is 16.8. The lowest BCUT2D eigenvalue weighted by atomic mass is 9.89. The molecule has 1 aromatic carbocycles. The Bertz CT molecular complexity index is 1040. The summed E-state index contributed by atoms with van der Waals surface area (Å²) in [6.45, 7) is 4.04. The van der Waals surface area contributed by atoms with Crippen LogP contribution in [-0.2, 0) is 0 Å². The second kappa shape index (κ2) is 5.58. The van der Waals surface area contributed by atoms with Crippen LogP contribution in [0.15, 0.2) is 42.9 Å². The van der Waals surface area contributed by atoms with Crippen molar-refractivity contribution in [3.63, 3.8) is 0 Å². The van der Waals surface area contributed by atoms with Gasteiger partial charge in [0, 0.05) is 41.9 Å². The Labute approximate surface area is 145 Å². The highest BCUT2D eigenvalue weighted by molar-refractivity contribution is 5.83. The summed E-state index contributed by atoms with van der Waals surface area (Å²) in [5.74, 6) is 2.37. The van der Waals surface area contributed by atoms with Crippen LogP contribution in [0.4, 0.5) is 5.82 Å². The van der Waals surface area contributed by atoms with Gasteiger partial charge >= 0.3 is 0 Å². The molecule has 1 aliphatic heterocycles. The quantitative estimate of drug-likeness (QED) is 0.612. The van der Waals surface area contributed by atoms with E-state index in [9.17, 15) is 0 Å². The largest absolute Gasteiger partial charge is 0.361 e. The van der Waals surface area contributed by atoms with Gasteiger partial charge in [0.15, 0.2) is 0 Å². The molecule has 0 atom stereocenters. The number of aromatic nitrogens is 5. The minimum Gasteiger partial charge on any atom is -0.361 e. The first kappa shape index (κ1) is 14.5. The molecule has 1 N–H and O–H groups in total. The van der Waals surface area contributed by atoms with Crippen molar-refractivity contribution in [3.8, 4) is 0 Å². The lowest BCUT2D eigenvalue weighted by Gasteiger charge is -2.33. The molecule has 0 radical (unpaired) electrons. The fourth-order valence-corrected chi connectivity index (χ4v) is 3.99. The third-order valence-electron chi connectivity index (χ3n) is 5.24. The van der Waals surface area contributed by atoms with Gasteiger partial charge in [-0.2, -0.15) is 14.6 Å². The van der Waals surface area contributed by atoms with Crippen LogP contribution < -0.4 is 4.90 Å². The van der Waals surface area contributed by atoms with Crippen molar-refractivity contribution < 1.29 is 0 Å². The fraction of sp³-hybridized carbons (Fsp3) is 0.316. The van der Waals surface area contributed by atoms with E-state index in [0.29, 0.717) is 11.7 Å². The van der Waals surface area contributed by atoms with Crippen LogP contribution in [0.2, 0.25) is 0 Å². The standard InChI is InChI=1S/C19H20N6/c1-13-10-18(25-19(23-13)21-12-22-25)24-8-6-14(7-9-24)16-11-20-17-5-3-2-4-15(16)17/h2-5,10-12,14,20H,6-9H2,1H3. The molecule has 126 valence electrons. The van der Waals surface area contributed by atoms with E-state index < -0.39 is 0 Å². The summed E-state index contributed by atoms with van der Waals surface area (Å²) in [6, 6.07) is 10.7. The van der Waals surface area contributed by atoms with E-state index in [0.717, 1.165) is 37.4 Å². The van der Waals surface area contributed by atoms with Crippen LogP contribution in [0.3, 0.4) is 0 Å². The molecular weight excluding hydrogens is 312 g/mol. The van der Waals surface area contributed by atoms with Gasteiger partial charge in [0.25, 0.3) is 5.78 Å². The summed E-state index contributed by atoms with van der Waals surface area (Å²) < 4.78 is 1.85. The monoisotopic (exact) mass is 332 g/mol. The van der Waals surface area contributed by atoms with Crippen molar-refractivity contribution in [2.75, 3.05) is 18.0 Å². The van der Waals surface area contributed by atoms with Gasteiger partial charge < -0.3 is 9.88 Å². The number of anilines is 1. The van der Waals surface area contributed by atoms with E-state index in [1.807, 2.05) is 11.4 Å². The first-order valence-electron chi connectivity index (χ1n) is 8.78. The van der Waals surface area contributed by atoms with Crippen molar-refractivity contribution in [1.29, 1.82) is 0 Å².